The molecule has 2 bridgehead atoms. The molecule has 1 N–H and O–H groups in total. The molecule has 3 heterocycles. The van der Waals surface area contributed by atoms with Gasteiger partial charge in [0.1, 0.15) is 6.04 Å². The number of fused-ring (bicyclic) bond motifs is 3. The van der Waals surface area contributed by atoms with E-state index in [0.717, 1.165) is 22.8 Å². The Bertz CT molecular complexity index is 1020. The van der Waals surface area contributed by atoms with Crippen LogP contribution in [0.1, 0.15) is 24.8 Å². The van der Waals surface area contributed by atoms with Gasteiger partial charge < -0.3 is 19.8 Å². The molecule has 0 radical (unpaired) electrons. The van der Waals surface area contributed by atoms with Gasteiger partial charge in [0, 0.05) is 39.1 Å². The van der Waals surface area contributed by atoms with Crippen LogP contribution in [0.4, 0.5) is 4.79 Å². The fraction of sp³-hybridized carbons (Fsp3) is 0.458. The van der Waals surface area contributed by atoms with Crippen molar-refractivity contribution in [1.82, 2.24) is 14.7 Å². The molecule has 3 aliphatic heterocycles. The van der Waals surface area contributed by atoms with Crippen molar-refractivity contribution in [2.45, 2.75) is 31.8 Å². The van der Waals surface area contributed by atoms with Crippen LogP contribution in [0.15, 0.2) is 42.5 Å². The Hall–Kier alpha value is -3.09. The van der Waals surface area contributed by atoms with Crippen LogP contribution < -0.4 is 0 Å². The zero-order chi connectivity index (χ0) is 21.5. The molecule has 3 atom stereocenters. The lowest BCUT2D eigenvalue weighted by Crippen LogP contribution is -2.57. The van der Waals surface area contributed by atoms with Crippen molar-refractivity contribution in [1.29, 1.82) is 0 Å². The van der Waals surface area contributed by atoms with Gasteiger partial charge in [-0.25, -0.2) is 4.79 Å². The number of piperidine rings is 2. The molecule has 0 aliphatic carbocycles. The number of hydrogen-bond donors (Lipinski definition) is 1. The molecule has 0 spiro atoms. The third-order valence-electron chi connectivity index (χ3n) is 7.00. The van der Waals surface area contributed by atoms with Crippen LogP contribution >= 0.6 is 0 Å². The molecular weight excluding hydrogens is 394 g/mol. The Kier molecular flexibility index (Phi) is 5.04. The van der Waals surface area contributed by atoms with Crippen molar-refractivity contribution in [3.05, 3.63) is 48.0 Å². The van der Waals surface area contributed by atoms with E-state index in [1.807, 2.05) is 29.2 Å². The van der Waals surface area contributed by atoms with Crippen LogP contribution in [0.25, 0.3) is 10.8 Å². The Morgan fingerprint density at radius 2 is 1.61 bits per heavy atom. The predicted molar refractivity (Wildman–Crippen MR) is 115 cm³/mol. The minimum absolute atomic E-state index is 0.0181. The molecule has 3 amide bonds. The number of nitrogens with zero attached hydrogens (tertiary/aromatic N) is 3. The summed E-state index contributed by atoms with van der Waals surface area (Å²) in [6.07, 6.45) is 1.04. The van der Waals surface area contributed by atoms with Crippen molar-refractivity contribution in [3.8, 4) is 0 Å². The molecule has 162 valence electrons. The first-order valence-corrected chi connectivity index (χ1v) is 11.0. The van der Waals surface area contributed by atoms with Crippen molar-refractivity contribution in [2.24, 2.45) is 11.8 Å². The van der Waals surface area contributed by atoms with E-state index in [2.05, 4.69) is 18.2 Å². The standard InChI is InChI=1S/C24H27N3O4/c28-22-9-8-21(27(22)15-19-6-3-5-18-4-1-2-7-20(18)19)23(29)25-11-16-10-17(12-25)14-26(13-16)24(30)31/h1-7,16-17,21H,8-15H2,(H,30,31)/t16?,17?,21-/m0/s1. The second-order valence-corrected chi connectivity index (χ2v) is 9.11. The smallest absolute Gasteiger partial charge is 0.407 e. The second kappa shape index (κ2) is 7.87. The van der Waals surface area contributed by atoms with E-state index in [-0.39, 0.29) is 23.7 Å². The third kappa shape index (κ3) is 3.73. The van der Waals surface area contributed by atoms with Gasteiger partial charge in [-0.15, -0.1) is 0 Å². The molecule has 0 aromatic heterocycles. The molecule has 7 heteroatoms. The van der Waals surface area contributed by atoms with Gasteiger partial charge >= 0.3 is 6.09 Å². The summed E-state index contributed by atoms with van der Waals surface area (Å²) in [5, 5.41) is 11.6. The lowest BCUT2D eigenvalue weighted by molar-refractivity contribution is -0.144. The zero-order valence-electron chi connectivity index (χ0n) is 17.4. The van der Waals surface area contributed by atoms with Crippen LogP contribution in [0.2, 0.25) is 0 Å². The van der Waals surface area contributed by atoms with Gasteiger partial charge in [-0.1, -0.05) is 42.5 Å². The number of carbonyl (C=O) groups is 3. The summed E-state index contributed by atoms with van der Waals surface area (Å²) >= 11 is 0. The van der Waals surface area contributed by atoms with Crippen molar-refractivity contribution >= 4 is 28.7 Å². The fourth-order valence-corrected chi connectivity index (χ4v) is 5.63. The van der Waals surface area contributed by atoms with E-state index in [1.165, 1.54) is 4.90 Å². The Labute approximate surface area is 181 Å². The average molecular weight is 421 g/mol. The molecule has 7 nitrogen and oxygen atoms in total. The first-order chi connectivity index (χ1) is 15.0. The van der Waals surface area contributed by atoms with Crippen LogP contribution in [-0.4, -0.2) is 69.9 Å². The van der Waals surface area contributed by atoms with Crippen molar-refractivity contribution < 1.29 is 19.5 Å². The van der Waals surface area contributed by atoms with Gasteiger partial charge in [-0.2, -0.15) is 0 Å². The van der Waals surface area contributed by atoms with Crippen LogP contribution in [0, 0.1) is 11.8 Å². The molecule has 31 heavy (non-hydrogen) atoms. The second-order valence-electron chi connectivity index (χ2n) is 9.11. The van der Waals surface area contributed by atoms with Crippen molar-refractivity contribution in [2.75, 3.05) is 26.2 Å². The quantitative estimate of drug-likeness (QED) is 0.826. The lowest BCUT2D eigenvalue weighted by Gasteiger charge is -2.45. The monoisotopic (exact) mass is 421 g/mol. The van der Waals surface area contributed by atoms with E-state index in [0.29, 0.717) is 45.6 Å². The minimum atomic E-state index is -0.878. The van der Waals surface area contributed by atoms with E-state index in [4.69, 9.17) is 0 Å². The Morgan fingerprint density at radius 1 is 0.935 bits per heavy atom. The molecule has 0 saturated carbocycles. The molecule has 2 aromatic carbocycles. The first-order valence-electron chi connectivity index (χ1n) is 11.0. The topological polar surface area (TPSA) is 81.2 Å². The highest BCUT2D eigenvalue weighted by Crippen LogP contribution is 2.32. The van der Waals surface area contributed by atoms with Crippen molar-refractivity contribution in [3.63, 3.8) is 0 Å². The zero-order valence-corrected chi connectivity index (χ0v) is 17.4. The summed E-state index contributed by atoms with van der Waals surface area (Å²) in [7, 11) is 0. The Balaban J connectivity index is 1.33. The van der Waals surface area contributed by atoms with Gasteiger partial charge in [-0.05, 0) is 41.0 Å². The maximum Gasteiger partial charge on any atom is 0.407 e. The van der Waals surface area contributed by atoms with Crippen LogP contribution in [0.5, 0.6) is 0 Å². The normalized spacial score (nSPS) is 25.9. The SMILES string of the molecule is O=C(O)N1CC2CC(C1)CN(C(=O)[C@@H]1CCC(=O)N1Cc1cccc3ccccc13)C2. The molecule has 3 saturated heterocycles. The number of hydrogen-bond acceptors (Lipinski definition) is 3. The fourth-order valence-electron chi connectivity index (χ4n) is 5.63. The van der Waals surface area contributed by atoms with E-state index in [1.54, 1.807) is 4.90 Å². The maximum absolute atomic E-state index is 13.5. The van der Waals surface area contributed by atoms with Crippen LogP contribution in [0.3, 0.4) is 0 Å². The lowest BCUT2D eigenvalue weighted by atomic mass is 9.84. The maximum atomic E-state index is 13.5. The number of carboxylic acid groups (broad SMARTS) is 1. The molecule has 2 aromatic rings. The highest BCUT2D eigenvalue weighted by molar-refractivity contribution is 5.92. The minimum Gasteiger partial charge on any atom is -0.465 e. The Morgan fingerprint density at radius 3 is 2.35 bits per heavy atom. The molecular formula is C24H27N3O4. The number of amides is 3. The van der Waals surface area contributed by atoms with E-state index >= 15 is 0 Å². The summed E-state index contributed by atoms with van der Waals surface area (Å²) in [6, 6.07) is 13.8. The van der Waals surface area contributed by atoms with E-state index in [9.17, 15) is 19.5 Å². The number of likely N-dealkylation sites (tertiary alicyclic amines) is 3. The summed E-state index contributed by atoms with van der Waals surface area (Å²) in [5.41, 5.74) is 1.05. The van der Waals surface area contributed by atoms with Gasteiger partial charge in [0.2, 0.25) is 11.8 Å². The number of carbonyl (C=O) groups excluding carboxylic acids is 2. The highest BCUT2D eigenvalue weighted by atomic mass is 16.4. The third-order valence-corrected chi connectivity index (χ3v) is 7.00. The molecule has 2 unspecified atom stereocenters. The molecule has 3 aliphatic rings. The predicted octanol–water partition coefficient (Wildman–Crippen LogP) is 2.79. The molecule has 3 fully saturated rings. The van der Waals surface area contributed by atoms with Crippen LogP contribution in [-0.2, 0) is 16.1 Å². The van der Waals surface area contributed by atoms with Gasteiger partial charge in [-0.3, -0.25) is 9.59 Å². The van der Waals surface area contributed by atoms with Gasteiger partial charge in [0.25, 0.3) is 0 Å². The molecule has 5 rings (SSSR count). The van der Waals surface area contributed by atoms with Gasteiger partial charge in [0.05, 0.1) is 0 Å². The first kappa shape index (κ1) is 19.8. The average Bonchev–Trinajstić information content (AvgIpc) is 3.13. The van der Waals surface area contributed by atoms with Gasteiger partial charge in [0.15, 0.2) is 0 Å². The summed E-state index contributed by atoms with van der Waals surface area (Å²) < 4.78 is 0. The van der Waals surface area contributed by atoms with E-state index < -0.39 is 12.1 Å². The summed E-state index contributed by atoms with van der Waals surface area (Å²) in [5.74, 6) is 0.400. The summed E-state index contributed by atoms with van der Waals surface area (Å²) in [6.45, 7) is 2.56. The highest BCUT2D eigenvalue weighted by Gasteiger charge is 2.43. The largest absolute Gasteiger partial charge is 0.465 e. The number of benzene rings is 2. The summed E-state index contributed by atoms with van der Waals surface area (Å²) in [4.78, 5) is 42.6. The number of rotatable bonds is 3.